The van der Waals surface area contributed by atoms with Crippen molar-refractivity contribution >= 4 is 28.1 Å². The zero-order chi connectivity index (χ0) is 21.7. The number of hydrogen-bond acceptors (Lipinski definition) is 8. The molecule has 0 saturated heterocycles. The zero-order valence-electron chi connectivity index (χ0n) is 15.9. The van der Waals surface area contributed by atoms with Crippen molar-refractivity contribution in [1.82, 2.24) is 9.97 Å². The SMILES string of the molecule is COc1c(Br)cc(C=NNc2nc(-c3ccccc3)c(C#N)c(=O)[nH]2)c(O)c1OC. The van der Waals surface area contributed by atoms with Gasteiger partial charge in [0.1, 0.15) is 11.6 Å². The van der Waals surface area contributed by atoms with Gasteiger partial charge in [0, 0.05) is 11.1 Å². The van der Waals surface area contributed by atoms with Crippen LogP contribution in [0, 0.1) is 11.3 Å². The number of nitrogens with zero attached hydrogens (tertiary/aromatic N) is 3. The Labute approximate surface area is 179 Å². The summed E-state index contributed by atoms with van der Waals surface area (Å²) in [6.07, 6.45) is 1.32. The molecule has 0 aliphatic rings. The van der Waals surface area contributed by atoms with Gasteiger partial charge in [-0.15, -0.1) is 0 Å². The van der Waals surface area contributed by atoms with Crippen LogP contribution in [-0.4, -0.2) is 35.5 Å². The number of nitrogens with one attached hydrogen (secondary N) is 2. The fourth-order valence-electron chi connectivity index (χ4n) is 2.69. The van der Waals surface area contributed by atoms with Crippen LogP contribution in [0.2, 0.25) is 0 Å². The molecule has 1 aromatic heterocycles. The lowest BCUT2D eigenvalue weighted by Gasteiger charge is -2.12. The van der Waals surface area contributed by atoms with Crippen LogP contribution in [0.1, 0.15) is 11.1 Å². The Hall–Kier alpha value is -3.84. The normalized spacial score (nSPS) is 10.6. The monoisotopic (exact) mass is 469 g/mol. The van der Waals surface area contributed by atoms with Gasteiger partial charge in [-0.25, -0.2) is 10.4 Å². The number of phenols is 1. The average Bonchev–Trinajstić information content (AvgIpc) is 2.75. The van der Waals surface area contributed by atoms with Gasteiger partial charge in [-0.1, -0.05) is 30.3 Å². The molecule has 0 radical (unpaired) electrons. The molecule has 152 valence electrons. The third-order valence-corrected chi connectivity index (χ3v) is 4.64. The van der Waals surface area contributed by atoms with Crippen LogP contribution in [0.15, 0.2) is 50.8 Å². The molecular weight excluding hydrogens is 454 g/mol. The van der Waals surface area contributed by atoms with Gasteiger partial charge in [0.2, 0.25) is 11.7 Å². The Kier molecular flexibility index (Phi) is 6.34. The Balaban J connectivity index is 1.95. The lowest BCUT2D eigenvalue weighted by atomic mass is 10.1. The summed E-state index contributed by atoms with van der Waals surface area (Å²) in [5.41, 5.74) is 3.08. The van der Waals surface area contributed by atoms with E-state index in [1.807, 2.05) is 12.1 Å². The fraction of sp³-hybridized carbons (Fsp3) is 0.100. The summed E-state index contributed by atoms with van der Waals surface area (Å²) < 4.78 is 10.9. The molecule has 0 unspecified atom stereocenters. The Bertz CT molecular complexity index is 1200. The van der Waals surface area contributed by atoms with Gasteiger partial charge >= 0.3 is 0 Å². The molecule has 0 spiro atoms. The van der Waals surface area contributed by atoms with Crippen molar-refractivity contribution in [3.05, 3.63) is 62.4 Å². The van der Waals surface area contributed by atoms with Gasteiger partial charge in [0.25, 0.3) is 5.56 Å². The van der Waals surface area contributed by atoms with Crippen LogP contribution in [0.3, 0.4) is 0 Å². The van der Waals surface area contributed by atoms with Crippen LogP contribution in [-0.2, 0) is 0 Å². The third kappa shape index (κ3) is 4.11. The van der Waals surface area contributed by atoms with Crippen molar-refractivity contribution < 1.29 is 14.6 Å². The second-order valence-corrected chi connectivity index (χ2v) is 6.70. The number of H-pyrrole nitrogens is 1. The second kappa shape index (κ2) is 9.11. The van der Waals surface area contributed by atoms with Gasteiger partial charge in [0.15, 0.2) is 11.5 Å². The molecule has 30 heavy (non-hydrogen) atoms. The molecule has 0 bridgehead atoms. The molecular formula is C20H16BrN5O4. The maximum absolute atomic E-state index is 12.3. The Morgan fingerprint density at radius 2 is 1.97 bits per heavy atom. The predicted molar refractivity (Wildman–Crippen MR) is 115 cm³/mol. The molecule has 0 atom stereocenters. The summed E-state index contributed by atoms with van der Waals surface area (Å²) in [6.45, 7) is 0. The Morgan fingerprint density at radius 1 is 1.27 bits per heavy atom. The summed E-state index contributed by atoms with van der Waals surface area (Å²) >= 11 is 3.34. The molecule has 0 aliphatic carbocycles. The molecule has 9 nitrogen and oxygen atoms in total. The smallest absolute Gasteiger partial charge is 0.270 e. The number of methoxy groups -OCH3 is 2. The zero-order valence-corrected chi connectivity index (χ0v) is 17.5. The topological polar surface area (TPSA) is 133 Å². The van der Waals surface area contributed by atoms with Crippen molar-refractivity contribution in [2.24, 2.45) is 5.10 Å². The minimum atomic E-state index is -0.597. The lowest BCUT2D eigenvalue weighted by molar-refractivity contribution is 0.331. The highest BCUT2D eigenvalue weighted by molar-refractivity contribution is 9.10. The van der Waals surface area contributed by atoms with Crippen LogP contribution in [0.5, 0.6) is 17.2 Å². The van der Waals surface area contributed by atoms with Crippen molar-refractivity contribution in [3.63, 3.8) is 0 Å². The highest BCUT2D eigenvalue weighted by atomic mass is 79.9. The number of halogens is 1. The number of aromatic nitrogens is 2. The van der Waals surface area contributed by atoms with Crippen molar-refractivity contribution in [2.75, 3.05) is 19.6 Å². The maximum atomic E-state index is 12.3. The van der Waals surface area contributed by atoms with E-state index in [1.165, 1.54) is 20.4 Å². The van der Waals surface area contributed by atoms with Gasteiger partial charge in [-0.3, -0.25) is 9.78 Å². The van der Waals surface area contributed by atoms with Crippen molar-refractivity contribution in [3.8, 4) is 34.6 Å². The number of phenolic OH excluding ortho intramolecular Hbond substituents is 1. The molecule has 1 heterocycles. The van der Waals surface area contributed by atoms with Gasteiger partial charge in [-0.2, -0.15) is 10.4 Å². The quantitative estimate of drug-likeness (QED) is 0.372. The van der Waals surface area contributed by atoms with E-state index in [0.29, 0.717) is 21.3 Å². The molecule has 10 heteroatoms. The summed E-state index contributed by atoms with van der Waals surface area (Å²) in [5, 5.41) is 23.7. The van der Waals surface area contributed by atoms with E-state index in [4.69, 9.17) is 9.47 Å². The minimum absolute atomic E-state index is 0.0353. The van der Waals surface area contributed by atoms with Crippen molar-refractivity contribution in [1.29, 1.82) is 5.26 Å². The molecule has 0 amide bonds. The first kappa shape index (κ1) is 20.9. The number of ether oxygens (including phenoxy) is 2. The number of anilines is 1. The highest BCUT2D eigenvalue weighted by Gasteiger charge is 2.17. The molecule has 2 aromatic carbocycles. The van der Waals surface area contributed by atoms with E-state index >= 15 is 0 Å². The van der Waals surface area contributed by atoms with E-state index in [-0.39, 0.29) is 28.7 Å². The first-order chi connectivity index (χ1) is 14.5. The number of aromatic amines is 1. The molecule has 0 saturated carbocycles. The fourth-order valence-corrected chi connectivity index (χ4v) is 3.28. The van der Waals surface area contributed by atoms with Crippen LogP contribution < -0.4 is 20.5 Å². The molecule has 3 N–H and O–H groups in total. The summed E-state index contributed by atoms with van der Waals surface area (Å²) in [7, 11) is 2.86. The largest absolute Gasteiger partial charge is 0.504 e. The summed E-state index contributed by atoms with van der Waals surface area (Å²) in [4.78, 5) is 19.0. The lowest BCUT2D eigenvalue weighted by Crippen LogP contribution is -2.16. The standard InChI is InChI=1S/C20H16BrN5O4/c1-29-17-14(21)8-12(16(27)18(17)30-2)10-23-26-20-24-15(11-6-4-3-5-7-11)13(9-22)19(28)25-20/h3-8,10,27H,1-2H3,(H2,24,25,26,28). The maximum Gasteiger partial charge on any atom is 0.270 e. The number of rotatable bonds is 6. The second-order valence-electron chi connectivity index (χ2n) is 5.85. The number of aromatic hydroxyl groups is 1. The van der Waals surface area contributed by atoms with Gasteiger partial charge in [-0.05, 0) is 22.0 Å². The Morgan fingerprint density at radius 3 is 2.60 bits per heavy atom. The molecule has 3 rings (SSSR count). The number of benzene rings is 2. The number of hydrogen-bond donors (Lipinski definition) is 3. The average molecular weight is 470 g/mol. The number of hydrazone groups is 1. The van der Waals surface area contributed by atoms with Crippen LogP contribution >= 0.6 is 15.9 Å². The van der Waals surface area contributed by atoms with E-state index in [0.717, 1.165) is 0 Å². The van der Waals surface area contributed by atoms with E-state index in [9.17, 15) is 15.2 Å². The van der Waals surface area contributed by atoms with Crippen LogP contribution in [0.25, 0.3) is 11.3 Å². The summed E-state index contributed by atoms with van der Waals surface area (Å²) in [6, 6.07) is 12.3. The third-order valence-electron chi connectivity index (χ3n) is 4.05. The first-order valence-electron chi connectivity index (χ1n) is 8.52. The number of nitriles is 1. The summed E-state index contributed by atoms with van der Waals surface area (Å²) in [5.74, 6) is 0.345. The van der Waals surface area contributed by atoms with Gasteiger partial charge in [0.05, 0.1) is 30.6 Å². The van der Waals surface area contributed by atoms with E-state index in [2.05, 4.69) is 36.4 Å². The molecule has 3 aromatic rings. The van der Waals surface area contributed by atoms with E-state index in [1.54, 1.807) is 30.3 Å². The van der Waals surface area contributed by atoms with Crippen molar-refractivity contribution in [2.45, 2.75) is 0 Å². The van der Waals surface area contributed by atoms with Gasteiger partial charge < -0.3 is 14.6 Å². The molecule has 0 aliphatic heterocycles. The van der Waals surface area contributed by atoms with E-state index < -0.39 is 5.56 Å². The highest BCUT2D eigenvalue weighted by Crippen LogP contribution is 2.43. The first-order valence-corrected chi connectivity index (χ1v) is 9.31. The molecule has 0 fully saturated rings. The predicted octanol–water partition coefficient (Wildman–Crippen LogP) is 3.24. The minimum Gasteiger partial charge on any atom is -0.504 e. The van der Waals surface area contributed by atoms with Crippen LogP contribution in [0.4, 0.5) is 5.95 Å².